The van der Waals surface area contributed by atoms with Crippen molar-refractivity contribution >= 4 is 17.7 Å². The van der Waals surface area contributed by atoms with Gasteiger partial charge in [-0.25, -0.2) is 0 Å². The van der Waals surface area contributed by atoms with E-state index in [-0.39, 0.29) is 12.7 Å². The number of thioether (sulfide) groups is 1. The number of carbonyl (C=O) groups is 1. The van der Waals surface area contributed by atoms with Crippen LogP contribution in [0.4, 0.5) is 0 Å². The molecule has 0 N–H and O–H groups in total. The van der Waals surface area contributed by atoms with Gasteiger partial charge in [0, 0.05) is 18.7 Å². The van der Waals surface area contributed by atoms with Crippen LogP contribution in [0.25, 0.3) is 11.5 Å². The molecule has 7 nitrogen and oxygen atoms in total. The van der Waals surface area contributed by atoms with Gasteiger partial charge >= 0.3 is 0 Å². The predicted molar refractivity (Wildman–Crippen MR) is 91.6 cm³/mol. The fourth-order valence-corrected chi connectivity index (χ4v) is 3.71. The van der Waals surface area contributed by atoms with Gasteiger partial charge in [0.15, 0.2) is 11.5 Å². The first-order valence-electron chi connectivity index (χ1n) is 8.33. The molecule has 1 atom stereocenters. The molecular formula is C17H19N3O4S. The van der Waals surface area contributed by atoms with E-state index in [1.165, 1.54) is 18.2 Å². The number of nitrogens with zero attached hydrogens (tertiary/aromatic N) is 3. The Bertz CT molecular complexity index is 779. The number of hydrogen-bond acceptors (Lipinski definition) is 7. The zero-order valence-corrected chi connectivity index (χ0v) is 14.8. The van der Waals surface area contributed by atoms with E-state index in [0.717, 1.165) is 25.1 Å². The normalized spacial score (nSPS) is 19.2. The molecule has 0 bridgehead atoms. The number of piperidine rings is 1. The summed E-state index contributed by atoms with van der Waals surface area (Å²) in [6.07, 6.45) is 2.27. The molecule has 1 amide bonds. The largest absolute Gasteiger partial charge is 0.454 e. The Morgan fingerprint density at radius 2 is 2.20 bits per heavy atom. The lowest BCUT2D eigenvalue weighted by atomic mass is 10.0. The van der Waals surface area contributed by atoms with E-state index in [4.69, 9.17) is 13.9 Å². The topological polar surface area (TPSA) is 77.7 Å². The van der Waals surface area contributed by atoms with Crippen LogP contribution in [0, 0.1) is 5.92 Å². The van der Waals surface area contributed by atoms with E-state index in [9.17, 15) is 4.79 Å². The van der Waals surface area contributed by atoms with Crippen molar-refractivity contribution in [3.8, 4) is 23.0 Å². The number of ether oxygens (including phenoxy) is 2. The molecule has 1 aromatic heterocycles. The first kappa shape index (κ1) is 16.3. The number of carbonyl (C=O) groups excluding carboxylic acids is 1. The highest BCUT2D eigenvalue weighted by atomic mass is 32.2. The van der Waals surface area contributed by atoms with Crippen molar-refractivity contribution in [1.82, 2.24) is 15.1 Å². The first-order chi connectivity index (χ1) is 12.2. The molecule has 25 heavy (non-hydrogen) atoms. The lowest BCUT2D eigenvalue weighted by molar-refractivity contribution is -0.130. The van der Waals surface area contributed by atoms with Gasteiger partial charge in [0.25, 0.3) is 5.22 Å². The number of rotatable bonds is 4. The van der Waals surface area contributed by atoms with E-state index in [2.05, 4.69) is 17.1 Å². The number of benzene rings is 1. The van der Waals surface area contributed by atoms with E-state index < -0.39 is 0 Å². The first-order valence-corrected chi connectivity index (χ1v) is 9.32. The van der Waals surface area contributed by atoms with Gasteiger partial charge in [0.2, 0.25) is 18.6 Å². The van der Waals surface area contributed by atoms with E-state index in [1.54, 1.807) is 0 Å². The maximum Gasteiger partial charge on any atom is 0.277 e. The molecule has 132 valence electrons. The fraction of sp³-hybridized carbons (Fsp3) is 0.471. The highest BCUT2D eigenvalue weighted by molar-refractivity contribution is 7.99. The van der Waals surface area contributed by atoms with Crippen molar-refractivity contribution in [2.75, 3.05) is 25.6 Å². The Morgan fingerprint density at radius 1 is 1.32 bits per heavy atom. The number of amides is 1. The molecule has 0 aliphatic carbocycles. The van der Waals surface area contributed by atoms with Gasteiger partial charge in [0.1, 0.15) is 0 Å². The average molecular weight is 361 g/mol. The summed E-state index contributed by atoms with van der Waals surface area (Å²) >= 11 is 1.28. The molecule has 1 aromatic carbocycles. The van der Waals surface area contributed by atoms with Crippen LogP contribution < -0.4 is 9.47 Å². The Labute approximate surface area is 149 Å². The van der Waals surface area contributed by atoms with E-state index in [0.29, 0.717) is 34.3 Å². The Kier molecular flexibility index (Phi) is 4.52. The predicted octanol–water partition coefficient (Wildman–Crippen LogP) is 2.82. The van der Waals surface area contributed by atoms with Crippen LogP contribution in [0.3, 0.4) is 0 Å². The zero-order chi connectivity index (χ0) is 17.2. The van der Waals surface area contributed by atoms with Gasteiger partial charge in [-0.05, 0) is 37.0 Å². The summed E-state index contributed by atoms with van der Waals surface area (Å²) in [7, 11) is 0. The van der Waals surface area contributed by atoms with Crippen molar-refractivity contribution in [1.29, 1.82) is 0 Å². The summed E-state index contributed by atoms with van der Waals surface area (Å²) in [5, 5.41) is 8.47. The minimum Gasteiger partial charge on any atom is -0.454 e. The van der Waals surface area contributed by atoms with Gasteiger partial charge in [0.05, 0.1) is 5.75 Å². The molecule has 0 unspecified atom stereocenters. The van der Waals surface area contributed by atoms with Crippen LogP contribution in [-0.4, -0.2) is 46.6 Å². The maximum absolute atomic E-state index is 12.3. The minimum absolute atomic E-state index is 0.124. The summed E-state index contributed by atoms with van der Waals surface area (Å²) in [4.78, 5) is 14.2. The third-order valence-corrected chi connectivity index (χ3v) is 5.16. The lowest BCUT2D eigenvalue weighted by Gasteiger charge is -2.30. The van der Waals surface area contributed by atoms with Crippen LogP contribution in [0.1, 0.15) is 19.8 Å². The van der Waals surface area contributed by atoms with Gasteiger partial charge in [-0.15, -0.1) is 10.2 Å². The second-order valence-electron chi connectivity index (χ2n) is 6.32. The number of fused-ring (bicyclic) bond motifs is 1. The van der Waals surface area contributed by atoms with Crippen molar-refractivity contribution in [2.24, 2.45) is 5.92 Å². The molecule has 0 spiro atoms. The van der Waals surface area contributed by atoms with Crippen molar-refractivity contribution in [3.05, 3.63) is 18.2 Å². The fourth-order valence-electron chi connectivity index (χ4n) is 3.05. The monoisotopic (exact) mass is 361 g/mol. The van der Waals surface area contributed by atoms with Crippen molar-refractivity contribution in [2.45, 2.75) is 25.0 Å². The number of hydrogen-bond donors (Lipinski definition) is 0. The molecule has 4 rings (SSSR count). The highest BCUT2D eigenvalue weighted by Crippen LogP contribution is 2.36. The molecule has 0 saturated carbocycles. The smallest absolute Gasteiger partial charge is 0.277 e. The van der Waals surface area contributed by atoms with Gasteiger partial charge < -0.3 is 18.8 Å². The van der Waals surface area contributed by atoms with Gasteiger partial charge in [-0.1, -0.05) is 18.7 Å². The molecule has 0 radical (unpaired) electrons. The average Bonchev–Trinajstić information content (AvgIpc) is 3.28. The van der Waals surface area contributed by atoms with E-state index >= 15 is 0 Å². The maximum atomic E-state index is 12.3. The second-order valence-corrected chi connectivity index (χ2v) is 7.24. The van der Waals surface area contributed by atoms with Crippen molar-refractivity contribution in [3.63, 3.8) is 0 Å². The number of aromatic nitrogens is 2. The molecule has 3 heterocycles. The quantitative estimate of drug-likeness (QED) is 0.775. The van der Waals surface area contributed by atoms with Gasteiger partial charge in [-0.2, -0.15) is 0 Å². The number of likely N-dealkylation sites (tertiary alicyclic amines) is 1. The van der Waals surface area contributed by atoms with Crippen LogP contribution in [0.2, 0.25) is 0 Å². The van der Waals surface area contributed by atoms with E-state index in [1.807, 2.05) is 23.1 Å². The van der Waals surface area contributed by atoms with Crippen LogP contribution in [0.15, 0.2) is 27.8 Å². The molecule has 2 aliphatic rings. The molecule has 8 heteroatoms. The second kappa shape index (κ2) is 6.95. The lowest BCUT2D eigenvalue weighted by Crippen LogP contribution is -2.40. The molecular weight excluding hydrogens is 342 g/mol. The SMILES string of the molecule is C[C@@H]1CCCN(C(=O)CSc2nnc(-c3ccc4c(c3)OCO4)o2)C1. The minimum atomic E-state index is 0.124. The highest BCUT2D eigenvalue weighted by Gasteiger charge is 2.22. The van der Waals surface area contributed by atoms with Crippen molar-refractivity contribution < 1.29 is 18.7 Å². The van der Waals surface area contributed by atoms with Crippen LogP contribution in [0.5, 0.6) is 11.5 Å². The van der Waals surface area contributed by atoms with Crippen LogP contribution in [-0.2, 0) is 4.79 Å². The Morgan fingerprint density at radius 3 is 3.08 bits per heavy atom. The van der Waals surface area contributed by atoms with Gasteiger partial charge in [-0.3, -0.25) is 4.79 Å². The zero-order valence-electron chi connectivity index (χ0n) is 13.9. The summed E-state index contributed by atoms with van der Waals surface area (Å²) in [6, 6.07) is 5.47. The summed E-state index contributed by atoms with van der Waals surface area (Å²) in [5.41, 5.74) is 0.764. The summed E-state index contributed by atoms with van der Waals surface area (Å²) in [5.74, 6) is 2.79. The molecule has 2 aliphatic heterocycles. The molecule has 2 aromatic rings. The molecule has 1 fully saturated rings. The summed E-state index contributed by atoms with van der Waals surface area (Å²) < 4.78 is 16.3. The Hall–Kier alpha value is -2.22. The third kappa shape index (κ3) is 3.58. The summed E-state index contributed by atoms with van der Waals surface area (Å²) in [6.45, 7) is 4.09. The third-order valence-electron chi connectivity index (χ3n) is 4.35. The Balaban J connectivity index is 1.37. The van der Waals surface area contributed by atoms with Crippen LogP contribution >= 0.6 is 11.8 Å². The molecule has 1 saturated heterocycles. The standard InChI is InChI=1S/C17H19N3O4S/c1-11-3-2-6-20(8-11)15(21)9-25-17-19-18-16(24-17)12-4-5-13-14(7-12)23-10-22-13/h4-5,7,11H,2-3,6,8-10H2,1H3/t11-/m1/s1.